The number of anilines is 1. The van der Waals surface area contributed by atoms with Crippen molar-refractivity contribution in [1.82, 2.24) is 4.98 Å². The highest BCUT2D eigenvalue weighted by Gasteiger charge is 2.52. The van der Waals surface area contributed by atoms with Gasteiger partial charge in [0.1, 0.15) is 10.1 Å². The molecule has 1 unspecified atom stereocenters. The molecule has 1 aromatic heterocycles. The summed E-state index contributed by atoms with van der Waals surface area (Å²) in [6.45, 7) is 3.43. The molecule has 0 spiro atoms. The van der Waals surface area contributed by atoms with Crippen molar-refractivity contribution in [2.75, 3.05) is 5.32 Å². The van der Waals surface area contributed by atoms with Crippen LogP contribution in [-0.4, -0.2) is 20.8 Å². The van der Waals surface area contributed by atoms with Crippen LogP contribution in [0.2, 0.25) is 0 Å². The number of nitrogens with one attached hydrogen (secondary N) is 1. The normalized spacial score (nSPS) is 19.2. The predicted molar refractivity (Wildman–Crippen MR) is 93.7 cm³/mol. The fraction of sp³-hybridized carbons (Fsp3) is 0.375. The molecule has 1 aliphatic rings. The first kappa shape index (κ1) is 16.6. The Morgan fingerprint density at radius 2 is 2.04 bits per heavy atom. The van der Waals surface area contributed by atoms with E-state index in [1.807, 2.05) is 24.3 Å². The van der Waals surface area contributed by atoms with Crippen LogP contribution in [0.1, 0.15) is 31.7 Å². The molecule has 7 heteroatoms. The van der Waals surface area contributed by atoms with Crippen LogP contribution in [0.4, 0.5) is 5.13 Å². The molecule has 1 aromatic carbocycles. The molecule has 0 saturated heterocycles. The predicted octanol–water partition coefficient (Wildman–Crippen LogP) is 4.60. The van der Waals surface area contributed by atoms with Crippen LogP contribution >= 0.6 is 34.5 Å². The lowest BCUT2D eigenvalue weighted by molar-refractivity contribution is -0.128. The average Bonchev–Trinajstić information content (AvgIpc) is 2.87. The Morgan fingerprint density at radius 1 is 1.39 bits per heavy atom. The number of aromatic nitrogens is 1. The van der Waals surface area contributed by atoms with Crippen molar-refractivity contribution in [1.29, 1.82) is 0 Å². The van der Waals surface area contributed by atoms with E-state index in [1.54, 1.807) is 25.4 Å². The zero-order valence-electron chi connectivity index (χ0n) is 12.7. The lowest BCUT2D eigenvalue weighted by Gasteiger charge is -2.24. The number of carbonyl (C=O) groups is 1. The number of carbonyl (C=O) groups excluding carboxylic acids is 1. The lowest BCUT2D eigenvalue weighted by atomic mass is 10.1. The zero-order valence-corrected chi connectivity index (χ0v) is 15.0. The Hall–Kier alpha value is -1.30. The quantitative estimate of drug-likeness (QED) is 0.782. The van der Waals surface area contributed by atoms with E-state index in [0.29, 0.717) is 10.9 Å². The molecule has 1 aliphatic carbocycles. The standard InChI is InChI=1S/C16H16Cl2N2O2S/c1-15(2,13(21)20-14-19-7-8-23-14)22-11-5-3-10(4-6-11)12-9-16(12,17)18/h3-8,12H,9H2,1-2H3,(H,19,20,21). The van der Waals surface area contributed by atoms with Crippen molar-refractivity contribution >= 4 is 45.6 Å². The summed E-state index contributed by atoms with van der Waals surface area (Å²) in [7, 11) is 0. The van der Waals surface area contributed by atoms with Gasteiger partial charge >= 0.3 is 0 Å². The maximum atomic E-state index is 12.3. The smallest absolute Gasteiger partial charge is 0.269 e. The molecule has 1 saturated carbocycles. The summed E-state index contributed by atoms with van der Waals surface area (Å²) in [6.07, 6.45) is 2.40. The van der Waals surface area contributed by atoms with E-state index in [0.717, 1.165) is 12.0 Å². The highest BCUT2D eigenvalue weighted by molar-refractivity contribution is 7.13. The van der Waals surface area contributed by atoms with Crippen molar-refractivity contribution < 1.29 is 9.53 Å². The first-order valence-electron chi connectivity index (χ1n) is 7.16. The van der Waals surface area contributed by atoms with Crippen LogP contribution in [0.3, 0.4) is 0 Å². The van der Waals surface area contributed by atoms with Crippen molar-refractivity contribution in [2.45, 2.75) is 36.1 Å². The van der Waals surface area contributed by atoms with E-state index in [4.69, 9.17) is 27.9 Å². The van der Waals surface area contributed by atoms with E-state index < -0.39 is 9.93 Å². The van der Waals surface area contributed by atoms with E-state index in [2.05, 4.69) is 10.3 Å². The monoisotopic (exact) mass is 370 g/mol. The van der Waals surface area contributed by atoms with Crippen LogP contribution in [0, 0.1) is 0 Å². The number of hydrogen-bond donors (Lipinski definition) is 1. The molecule has 1 N–H and O–H groups in total. The van der Waals surface area contributed by atoms with Gasteiger partial charge in [-0.1, -0.05) is 12.1 Å². The van der Waals surface area contributed by atoms with Gasteiger partial charge in [0.15, 0.2) is 10.7 Å². The Labute approximate surface area is 148 Å². The molecule has 23 heavy (non-hydrogen) atoms. The van der Waals surface area contributed by atoms with Gasteiger partial charge in [-0.25, -0.2) is 4.98 Å². The Balaban J connectivity index is 1.64. The number of ether oxygens (including phenoxy) is 1. The number of thiazole rings is 1. The molecule has 1 atom stereocenters. The van der Waals surface area contributed by atoms with E-state index in [9.17, 15) is 4.79 Å². The number of halogens is 2. The van der Waals surface area contributed by atoms with Crippen LogP contribution in [-0.2, 0) is 4.79 Å². The summed E-state index contributed by atoms with van der Waals surface area (Å²) < 4.78 is 5.17. The Kier molecular flexibility index (Phi) is 4.29. The average molecular weight is 371 g/mol. The molecule has 1 amide bonds. The van der Waals surface area contributed by atoms with Crippen LogP contribution in [0.5, 0.6) is 5.75 Å². The maximum Gasteiger partial charge on any atom is 0.269 e. The molecule has 0 aliphatic heterocycles. The van der Waals surface area contributed by atoms with Gasteiger partial charge in [0.2, 0.25) is 0 Å². The van der Waals surface area contributed by atoms with Gasteiger partial charge in [-0.2, -0.15) is 0 Å². The lowest BCUT2D eigenvalue weighted by Crippen LogP contribution is -2.42. The number of hydrogen-bond acceptors (Lipinski definition) is 4. The molecule has 4 nitrogen and oxygen atoms in total. The first-order chi connectivity index (χ1) is 10.8. The second-order valence-electron chi connectivity index (χ2n) is 5.99. The van der Waals surface area contributed by atoms with Gasteiger partial charge < -0.3 is 4.74 Å². The highest BCUT2D eigenvalue weighted by Crippen LogP contribution is 2.59. The molecule has 1 fully saturated rings. The number of amides is 1. The van der Waals surface area contributed by atoms with E-state index in [1.165, 1.54) is 11.3 Å². The first-order valence-corrected chi connectivity index (χ1v) is 8.79. The molecule has 1 heterocycles. The van der Waals surface area contributed by atoms with Crippen LogP contribution < -0.4 is 10.1 Å². The van der Waals surface area contributed by atoms with Gasteiger partial charge in [0.05, 0.1) is 0 Å². The van der Waals surface area contributed by atoms with E-state index in [-0.39, 0.29) is 11.8 Å². The van der Waals surface area contributed by atoms with Crippen molar-refractivity contribution in [2.24, 2.45) is 0 Å². The zero-order chi connectivity index (χ0) is 16.7. The fourth-order valence-corrected chi connectivity index (χ4v) is 3.30. The van der Waals surface area contributed by atoms with Crippen molar-refractivity contribution in [3.8, 4) is 5.75 Å². The maximum absolute atomic E-state index is 12.3. The third kappa shape index (κ3) is 3.79. The molecule has 122 valence electrons. The molecule has 0 bridgehead atoms. The Morgan fingerprint density at radius 3 is 2.57 bits per heavy atom. The summed E-state index contributed by atoms with van der Waals surface area (Å²) >= 11 is 13.5. The van der Waals surface area contributed by atoms with Gasteiger partial charge in [-0.05, 0) is 38.0 Å². The van der Waals surface area contributed by atoms with Gasteiger partial charge in [0, 0.05) is 17.5 Å². The van der Waals surface area contributed by atoms with Gasteiger partial charge in [-0.3, -0.25) is 10.1 Å². The minimum absolute atomic E-state index is 0.168. The van der Waals surface area contributed by atoms with Crippen LogP contribution in [0.15, 0.2) is 35.8 Å². The third-order valence-electron chi connectivity index (χ3n) is 3.68. The summed E-state index contributed by atoms with van der Waals surface area (Å²) in [6, 6.07) is 7.52. The molecule has 2 aromatic rings. The molecular weight excluding hydrogens is 355 g/mol. The van der Waals surface area contributed by atoms with Gasteiger partial charge in [-0.15, -0.1) is 34.5 Å². The summed E-state index contributed by atoms with van der Waals surface area (Å²) in [4.78, 5) is 16.3. The number of rotatable bonds is 5. The third-order valence-corrected chi connectivity index (χ3v) is 5.21. The highest BCUT2D eigenvalue weighted by atomic mass is 35.5. The summed E-state index contributed by atoms with van der Waals surface area (Å²) in [5.74, 6) is 0.531. The summed E-state index contributed by atoms with van der Waals surface area (Å²) in [5, 5.41) is 5.09. The largest absolute Gasteiger partial charge is 0.478 e. The molecule has 3 rings (SSSR count). The summed E-state index contributed by atoms with van der Waals surface area (Å²) in [5.41, 5.74) is 0.0579. The van der Waals surface area contributed by atoms with Gasteiger partial charge in [0.25, 0.3) is 5.91 Å². The molecule has 0 radical (unpaired) electrons. The topological polar surface area (TPSA) is 51.2 Å². The second kappa shape index (κ2) is 5.96. The number of benzene rings is 1. The second-order valence-corrected chi connectivity index (χ2v) is 8.43. The SMILES string of the molecule is CC(C)(Oc1ccc(C2CC2(Cl)Cl)cc1)C(=O)Nc1nccs1. The van der Waals surface area contributed by atoms with Crippen molar-refractivity contribution in [3.05, 3.63) is 41.4 Å². The van der Waals surface area contributed by atoms with Crippen LogP contribution in [0.25, 0.3) is 0 Å². The minimum atomic E-state index is -1.02. The van der Waals surface area contributed by atoms with Crippen molar-refractivity contribution in [3.63, 3.8) is 0 Å². The van der Waals surface area contributed by atoms with E-state index >= 15 is 0 Å². The number of alkyl halides is 2. The Bertz CT molecular complexity index is 699. The fourth-order valence-electron chi connectivity index (χ4n) is 2.22. The molecular formula is C16H16Cl2N2O2S. The number of nitrogens with zero attached hydrogens (tertiary/aromatic N) is 1. The minimum Gasteiger partial charge on any atom is -0.478 e.